The maximum atomic E-state index is 11.0. The molecule has 0 saturated carbocycles. The minimum Gasteiger partial charge on any atom is -0.304 e. The van der Waals surface area contributed by atoms with E-state index in [1.54, 1.807) is 0 Å². The Bertz CT molecular complexity index is 232. The van der Waals surface area contributed by atoms with Crippen LogP contribution in [-0.4, -0.2) is 60.7 Å². The molecule has 5 nitrogen and oxygen atoms in total. The monoisotopic (exact) mass is 260 g/mol. The van der Waals surface area contributed by atoms with Crippen LogP contribution in [0.2, 0.25) is 0 Å². The summed E-state index contributed by atoms with van der Waals surface area (Å²) in [5, 5.41) is -0.174. The Hall–Kier alpha value is -0.140. The molecule has 0 aromatic rings. The molecule has 1 heterocycles. The molecule has 3 N–H and O–H groups in total. The van der Waals surface area contributed by atoms with Crippen LogP contribution in [0.5, 0.6) is 0 Å². The molecule has 6 heteroatoms. The summed E-state index contributed by atoms with van der Waals surface area (Å²) in [5.74, 6) is 5.28. The summed E-state index contributed by atoms with van der Waals surface area (Å²) in [6, 6.07) is -0.300. The second-order valence-electron chi connectivity index (χ2n) is 4.70. The lowest BCUT2D eigenvalue weighted by molar-refractivity contribution is -0.112. The number of rotatable bonds is 7. The Kier molecular flexibility index (Phi) is 7.06. The molecule has 0 unspecified atom stereocenters. The zero-order valence-corrected chi connectivity index (χ0v) is 11.5. The van der Waals surface area contributed by atoms with Gasteiger partial charge in [0.1, 0.15) is 0 Å². The van der Waals surface area contributed by atoms with E-state index in [-0.39, 0.29) is 11.2 Å². The molecule has 0 bridgehead atoms. The van der Waals surface area contributed by atoms with Crippen LogP contribution in [-0.2, 0) is 4.79 Å². The largest absolute Gasteiger partial charge is 0.304 e. The van der Waals surface area contributed by atoms with Crippen molar-refractivity contribution in [2.75, 3.05) is 39.8 Å². The van der Waals surface area contributed by atoms with Crippen molar-refractivity contribution < 1.29 is 4.79 Å². The van der Waals surface area contributed by atoms with Gasteiger partial charge in [-0.1, -0.05) is 6.42 Å². The first-order valence-electron chi connectivity index (χ1n) is 6.23. The van der Waals surface area contributed by atoms with Crippen molar-refractivity contribution in [3.8, 4) is 0 Å². The van der Waals surface area contributed by atoms with Gasteiger partial charge in [-0.05, 0) is 26.4 Å². The van der Waals surface area contributed by atoms with Gasteiger partial charge in [-0.25, -0.2) is 5.43 Å². The molecule has 17 heavy (non-hydrogen) atoms. The number of hydrogen-bond donors (Lipinski definition) is 3. The molecular weight excluding hydrogens is 236 g/mol. The second-order valence-corrected chi connectivity index (χ2v) is 5.14. The van der Waals surface area contributed by atoms with Gasteiger partial charge in [-0.3, -0.25) is 10.6 Å². The number of carbonyl (C=O) groups is 1. The molecule has 1 saturated heterocycles. The van der Waals surface area contributed by atoms with E-state index in [2.05, 4.69) is 34.9 Å². The zero-order valence-electron chi connectivity index (χ0n) is 10.6. The Labute approximate surface area is 109 Å². The van der Waals surface area contributed by atoms with Crippen LogP contribution >= 0.6 is 12.6 Å². The van der Waals surface area contributed by atoms with Crippen molar-refractivity contribution in [1.82, 2.24) is 15.2 Å². The summed E-state index contributed by atoms with van der Waals surface area (Å²) in [5.41, 5.74) is 2.50. The third-order valence-corrected chi connectivity index (χ3v) is 3.62. The fraction of sp³-hybridized carbons (Fsp3) is 0.909. The van der Waals surface area contributed by atoms with Crippen LogP contribution in [0.3, 0.4) is 0 Å². The fourth-order valence-electron chi connectivity index (χ4n) is 2.03. The Balaban J connectivity index is 2.05. The van der Waals surface area contributed by atoms with Crippen LogP contribution in [0.4, 0.5) is 0 Å². The molecule has 1 aliphatic heterocycles. The van der Waals surface area contributed by atoms with E-state index in [9.17, 15) is 4.79 Å². The van der Waals surface area contributed by atoms with Crippen LogP contribution in [0.25, 0.3) is 0 Å². The number of piperazine rings is 1. The van der Waals surface area contributed by atoms with Gasteiger partial charge >= 0.3 is 0 Å². The number of hydrazine groups is 1. The highest BCUT2D eigenvalue weighted by Crippen LogP contribution is 2.06. The normalized spacial score (nSPS) is 20.4. The van der Waals surface area contributed by atoms with E-state index in [0.717, 1.165) is 52.0 Å². The quantitative estimate of drug-likeness (QED) is 0.254. The minimum atomic E-state index is -0.300. The highest BCUT2D eigenvalue weighted by Gasteiger charge is 2.14. The lowest BCUT2D eigenvalue weighted by Crippen LogP contribution is -2.44. The molecule has 0 aliphatic carbocycles. The third kappa shape index (κ3) is 5.83. The number of thiol groups is 1. The van der Waals surface area contributed by atoms with Crippen molar-refractivity contribution >= 4 is 17.7 Å². The van der Waals surface area contributed by atoms with E-state index in [1.165, 1.54) is 0 Å². The smallest absolute Gasteiger partial charge is 0.204 e. The van der Waals surface area contributed by atoms with Crippen LogP contribution < -0.4 is 11.3 Å². The summed E-state index contributed by atoms with van der Waals surface area (Å²) in [6.45, 7) is 5.73. The molecule has 1 atom stereocenters. The van der Waals surface area contributed by atoms with Crippen molar-refractivity contribution in [2.45, 2.75) is 25.3 Å². The number of hydrogen-bond acceptors (Lipinski definition) is 5. The Morgan fingerprint density at radius 2 is 2.00 bits per heavy atom. The van der Waals surface area contributed by atoms with Gasteiger partial charge in [0, 0.05) is 26.2 Å². The molecule has 0 spiro atoms. The average molecular weight is 260 g/mol. The van der Waals surface area contributed by atoms with E-state index in [1.807, 2.05) is 0 Å². The van der Waals surface area contributed by atoms with Crippen LogP contribution in [0, 0.1) is 0 Å². The Morgan fingerprint density at radius 3 is 2.53 bits per heavy atom. The molecule has 100 valence electrons. The van der Waals surface area contributed by atoms with Crippen molar-refractivity contribution in [3.63, 3.8) is 0 Å². The molecule has 1 rings (SSSR count). The summed E-state index contributed by atoms with van der Waals surface area (Å²) < 4.78 is 0. The van der Waals surface area contributed by atoms with Gasteiger partial charge in [0.05, 0.1) is 6.04 Å². The summed E-state index contributed by atoms with van der Waals surface area (Å²) >= 11 is 3.79. The van der Waals surface area contributed by atoms with Crippen LogP contribution in [0.1, 0.15) is 19.3 Å². The Morgan fingerprint density at radius 1 is 1.35 bits per heavy atom. The van der Waals surface area contributed by atoms with E-state index >= 15 is 0 Å². The first kappa shape index (κ1) is 14.9. The van der Waals surface area contributed by atoms with Crippen molar-refractivity contribution in [2.24, 2.45) is 5.84 Å². The van der Waals surface area contributed by atoms with Gasteiger partial charge in [0.15, 0.2) is 0 Å². The van der Waals surface area contributed by atoms with Crippen molar-refractivity contribution in [3.05, 3.63) is 0 Å². The number of nitrogens with zero attached hydrogens (tertiary/aromatic N) is 2. The highest BCUT2D eigenvalue weighted by molar-refractivity contribution is 7.96. The zero-order chi connectivity index (χ0) is 12.7. The predicted octanol–water partition coefficient (Wildman–Crippen LogP) is -0.308. The second kappa shape index (κ2) is 8.05. The van der Waals surface area contributed by atoms with Gasteiger partial charge in [0.25, 0.3) is 0 Å². The molecule has 0 amide bonds. The van der Waals surface area contributed by atoms with Crippen LogP contribution in [0.15, 0.2) is 0 Å². The van der Waals surface area contributed by atoms with Gasteiger partial charge in [-0.15, -0.1) is 12.6 Å². The third-order valence-electron chi connectivity index (χ3n) is 3.31. The lowest BCUT2D eigenvalue weighted by atomic mass is 10.1. The molecule has 0 aromatic heterocycles. The SMILES string of the molecule is CN1CCN(CCCC[C@H](NN)C(=O)S)CC1. The summed E-state index contributed by atoms with van der Waals surface area (Å²) in [4.78, 5) is 15.8. The molecular formula is C11H24N4OS. The maximum Gasteiger partial charge on any atom is 0.204 e. The molecule has 0 aromatic carbocycles. The number of nitrogens with two attached hydrogens (primary N) is 1. The predicted molar refractivity (Wildman–Crippen MR) is 72.9 cm³/mol. The minimum absolute atomic E-state index is 0.174. The van der Waals surface area contributed by atoms with Gasteiger partial charge in [-0.2, -0.15) is 0 Å². The highest BCUT2D eigenvalue weighted by atomic mass is 32.1. The number of nitrogens with one attached hydrogen (secondary N) is 1. The number of likely N-dealkylation sites (N-methyl/N-ethyl adjacent to an activating group) is 1. The van der Waals surface area contributed by atoms with E-state index in [0.29, 0.717) is 0 Å². The average Bonchev–Trinajstić information content (AvgIpc) is 2.31. The van der Waals surface area contributed by atoms with E-state index < -0.39 is 0 Å². The number of unbranched alkanes of at least 4 members (excludes halogenated alkanes) is 1. The number of carbonyl (C=O) groups excluding carboxylic acids is 1. The first-order chi connectivity index (χ1) is 8.13. The topological polar surface area (TPSA) is 61.6 Å². The summed E-state index contributed by atoms with van der Waals surface area (Å²) in [6.07, 6.45) is 2.89. The van der Waals surface area contributed by atoms with Gasteiger partial charge < -0.3 is 9.80 Å². The fourth-order valence-corrected chi connectivity index (χ4v) is 2.24. The van der Waals surface area contributed by atoms with Crippen molar-refractivity contribution in [1.29, 1.82) is 0 Å². The molecule has 1 aliphatic rings. The molecule has 1 fully saturated rings. The lowest BCUT2D eigenvalue weighted by Gasteiger charge is -2.32. The van der Waals surface area contributed by atoms with E-state index in [4.69, 9.17) is 5.84 Å². The maximum absolute atomic E-state index is 11.0. The molecule has 0 radical (unpaired) electrons. The standard InChI is InChI=1S/C11H24N4OS/c1-14-6-8-15(9-7-14)5-3-2-4-10(13-12)11(16)17/h10,13H,2-9,12H2,1H3,(H,16,17)/t10-/m0/s1. The van der Waals surface area contributed by atoms with Gasteiger partial charge in [0.2, 0.25) is 5.12 Å². The first-order valence-corrected chi connectivity index (χ1v) is 6.68. The summed E-state index contributed by atoms with van der Waals surface area (Å²) in [7, 11) is 2.16.